The van der Waals surface area contributed by atoms with Crippen molar-refractivity contribution in [1.29, 1.82) is 0 Å². The second kappa shape index (κ2) is 38.5. The van der Waals surface area contributed by atoms with Gasteiger partial charge in [0.15, 0.2) is 56.6 Å². The summed E-state index contributed by atoms with van der Waals surface area (Å²) in [4.78, 5) is 39.5. The zero-order valence-electron chi connectivity index (χ0n) is 58.0. The van der Waals surface area contributed by atoms with Gasteiger partial charge in [0.05, 0.1) is 59.0 Å². The van der Waals surface area contributed by atoms with Gasteiger partial charge < -0.3 is 224 Å². The van der Waals surface area contributed by atoms with Gasteiger partial charge >= 0.3 is 0 Å². The monoisotopic (exact) mass is 1580 g/mol. The minimum absolute atomic E-state index is 0.905. The van der Waals surface area contributed by atoms with Gasteiger partial charge in [0.25, 0.3) is 0 Å². The summed E-state index contributed by atoms with van der Waals surface area (Å²) in [6.07, 6.45) is -85.6. The molecule has 0 radical (unpaired) electrons. The molecule has 48 nitrogen and oxygen atoms in total. The Hall–Kier alpha value is -3.27. The van der Waals surface area contributed by atoms with E-state index in [4.69, 9.17) is 80.5 Å². The molecule has 0 saturated carbocycles. The van der Waals surface area contributed by atoms with Crippen LogP contribution in [0.5, 0.6) is 0 Å². The van der Waals surface area contributed by atoms with Gasteiger partial charge in [0.1, 0.15) is 213 Å². The van der Waals surface area contributed by atoms with Crippen LogP contribution in [0.4, 0.5) is 0 Å². The highest BCUT2D eigenvalue weighted by molar-refractivity contribution is 5.74. The topological polar surface area (TPSA) is 750 Å². The molecule has 3 amide bonds. The van der Waals surface area contributed by atoms with Gasteiger partial charge in [-0.25, -0.2) is 0 Å². The quantitative estimate of drug-likeness (QED) is 0.0363. The second-order valence-corrected chi connectivity index (χ2v) is 27.4. The average molecular weight is 1580 g/mol. The Kier molecular flexibility index (Phi) is 31.6. The Balaban J connectivity index is 1.06. The third kappa shape index (κ3) is 19.1. The van der Waals surface area contributed by atoms with Gasteiger partial charge in [0.2, 0.25) is 17.7 Å². The summed E-state index contributed by atoms with van der Waals surface area (Å²) in [6, 6.07) is -5.88. The van der Waals surface area contributed by atoms with Crippen LogP contribution in [-0.4, -0.2) is 474 Å². The van der Waals surface area contributed by atoms with E-state index in [0.29, 0.717) is 0 Å². The lowest BCUT2D eigenvalue weighted by Crippen LogP contribution is -2.71. The number of aliphatic hydroxyl groups excluding tert-OH is 25. The molecule has 9 saturated heterocycles. The molecule has 48 heteroatoms. The first-order valence-corrected chi connectivity index (χ1v) is 34.5. The largest absolute Gasteiger partial charge is 0.394 e. The third-order valence-corrected chi connectivity index (χ3v) is 19.9. The van der Waals surface area contributed by atoms with Crippen LogP contribution in [0.3, 0.4) is 0 Å². The van der Waals surface area contributed by atoms with Crippen LogP contribution in [0.2, 0.25) is 0 Å². The lowest BCUT2D eigenvalue weighted by atomic mass is 9.93. The van der Waals surface area contributed by atoms with Crippen LogP contribution in [0.25, 0.3) is 0 Å². The lowest BCUT2D eigenvalue weighted by Gasteiger charge is -2.52. The van der Waals surface area contributed by atoms with Crippen molar-refractivity contribution in [3.8, 4) is 0 Å². The molecule has 0 bridgehead atoms. The van der Waals surface area contributed by atoms with E-state index in [1.54, 1.807) is 0 Å². The summed E-state index contributed by atoms with van der Waals surface area (Å²) in [7, 11) is 0. The van der Waals surface area contributed by atoms with Gasteiger partial charge in [-0.3, -0.25) is 14.4 Å². The normalized spacial score (nSPS) is 50.4. The van der Waals surface area contributed by atoms with Crippen molar-refractivity contribution in [2.75, 3.05) is 52.9 Å². The minimum atomic E-state index is -2.55. The number of amides is 3. The molecule has 0 aromatic rings. The number of hydrogen-bond donors (Lipinski definition) is 28. The number of rotatable bonds is 27. The van der Waals surface area contributed by atoms with Crippen molar-refractivity contribution in [1.82, 2.24) is 16.0 Å². The minimum Gasteiger partial charge on any atom is -0.394 e. The molecule has 0 aromatic carbocycles. The molecule has 9 heterocycles. The predicted molar refractivity (Wildman–Crippen MR) is 330 cm³/mol. The first kappa shape index (κ1) is 88.7. The van der Waals surface area contributed by atoms with E-state index in [1.165, 1.54) is 6.92 Å². The maximum atomic E-state index is 13.5. The van der Waals surface area contributed by atoms with E-state index in [2.05, 4.69) is 16.0 Å². The summed E-state index contributed by atoms with van der Waals surface area (Å²) in [5, 5.41) is 282. The van der Waals surface area contributed by atoms with E-state index >= 15 is 0 Å². The summed E-state index contributed by atoms with van der Waals surface area (Å²) >= 11 is 0. The Morgan fingerprint density at radius 2 is 0.556 bits per heavy atom. The maximum absolute atomic E-state index is 13.5. The van der Waals surface area contributed by atoms with Gasteiger partial charge in [-0.2, -0.15) is 0 Å². The summed E-state index contributed by atoms with van der Waals surface area (Å²) in [6.45, 7) is -4.61. The van der Waals surface area contributed by atoms with Gasteiger partial charge in [-0.15, -0.1) is 0 Å². The smallest absolute Gasteiger partial charge is 0.217 e. The zero-order chi connectivity index (χ0) is 79.5. The van der Waals surface area contributed by atoms with Crippen molar-refractivity contribution >= 4 is 17.7 Å². The number of aliphatic hydroxyl groups is 25. The first-order valence-electron chi connectivity index (χ1n) is 34.5. The fourth-order valence-corrected chi connectivity index (χ4v) is 14.0. The Morgan fingerprint density at radius 1 is 0.259 bits per heavy atom. The zero-order valence-corrected chi connectivity index (χ0v) is 58.0. The van der Waals surface area contributed by atoms with E-state index in [0.717, 1.165) is 20.8 Å². The highest BCUT2D eigenvalue weighted by Crippen LogP contribution is 2.40. The molecule has 0 spiro atoms. The lowest BCUT2D eigenvalue weighted by molar-refractivity contribution is -0.395. The highest BCUT2D eigenvalue weighted by atomic mass is 16.8. The van der Waals surface area contributed by atoms with Crippen molar-refractivity contribution in [2.45, 2.75) is 304 Å². The first-order chi connectivity index (χ1) is 51.1. The summed E-state index contributed by atoms with van der Waals surface area (Å²) < 4.78 is 100. The molecule has 0 aromatic heterocycles. The standard InChI is InChI=1S/C60H101N3O45/c1-13-28(74)35(81)40(86)56(93-13)105-48-23(11-70)100-55(27(63-16(4)73)49(48)106-58-42(88)37(83)30(76)18(6-65)96-58)108-51-32(78)24(12-92-53-25(61-14(2)71)33(79)45(21(9-68)98-53)102-57-41(87)36(82)29(75)17(5-64)95-57)101-60(44(51)90)103-46-22(10-69)99-54(26(34(46)80)62-15(3)72)107-50-31(77)19(7-66)97-59(43(50)89)104-47-20(8-67)94-52(91)39(85)38(47)84/h13,17-60,64-70,74-91H,5-12H2,1-4H3,(H,61,71)(H,62,72)(H,63,73)/t13-,17+,18+,19+,20+,21+,22+,23+,24+,25+,26+,27+,28+,29-,30-,31-,32-,33+,34+,35+,36-,37-,38+,39+,40-,41+,42+,43+,44+,45+,46+,47+,48+,49+,50-,51-,52?,53+,54-,55-,56-,57-,58-,59-,60-/m0/s1. The SMILES string of the molecule is CC(=O)N[C@H]1[C@H](OC[C@H]2O[C@@H](O[C@H]3[C@H](O)[C@@H](NC(C)=O)[C@H](O[C@H]4[C@@H](O)[C@@H](CO)O[C@@H](O[C@H]5[C@H](O)[C@@H](O)C(O)O[C@@H]5CO)[C@@H]4O)O[C@@H]3CO)[C@H](O)[C@@H](O[C@@H]3O[C@H](CO)[C@@H](O[C@@H]4O[C@@H](C)[C@@H](O)[C@@H](O)[C@@H]4O)[C@H](O[C@@H]4O[C@H](CO)[C@H](O)[C@H](O)[C@H]4O)[C@H]3NC(C)=O)[C@H]2O)O[C@H](CO)[C@@H](O[C@@H]2O[C@H](CO)[C@H](O)[C@H](O)[C@H]2O)[C@@H]1O. The molecule has 9 rings (SSSR count). The van der Waals surface area contributed by atoms with Crippen LogP contribution in [-0.2, 0) is 94.9 Å². The number of carbonyl (C=O) groups excluding carboxylic acids is 3. The molecule has 9 aliphatic heterocycles. The molecule has 1 unspecified atom stereocenters. The second-order valence-electron chi connectivity index (χ2n) is 27.4. The van der Waals surface area contributed by atoms with Crippen molar-refractivity contribution < 1.29 is 223 Å². The average Bonchev–Trinajstić information content (AvgIpc) is 0.768. The van der Waals surface area contributed by atoms with Crippen molar-refractivity contribution in [3.63, 3.8) is 0 Å². The number of ether oxygens (including phenoxy) is 17. The molecule has 28 N–H and O–H groups in total. The van der Waals surface area contributed by atoms with E-state index < -0.39 is 347 Å². The van der Waals surface area contributed by atoms with Crippen LogP contribution in [0, 0.1) is 0 Å². The van der Waals surface area contributed by atoms with E-state index in [9.17, 15) is 142 Å². The Labute approximate surface area is 611 Å². The van der Waals surface area contributed by atoms with Crippen LogP contribution in [0.15, 0.2) is 0 Å². The highest BCUT2D eigenvalue weighted by Gasteiger charge is 2.61. The molecule has 0 aliphatic carbocycles. The molecular formula is C60H101N3O45. The van der Waals surface area contributed by atoms with Crippen LogP contribution < -0.4 is 16.0 Å². The van der Waals surface area contributed by atoms with Gasteiger partial charge in [0, 0.05) is 20.8 Å². The number of hydrogen-bond acceptors (Lipinski definition) is 45. The van der Waals surface area contributed by atoms with Crippen LogP contribution in [0.1, 0.15) is 27.7 Å². The molecule has 45 atom stereocenters. The fraction of sp³-hybridized carbons (Fsp3) is 0.950. The van der Waals surface area contributed by atoms with Crippen molar-refractivity contribution in [3.05, 3.63) is 0 Å². The fourth-order valence-electron chi connectivity index (χ4n) is 14.0. The molecule has 108 heavy (non-hydrogen) atoms. The Bertz CT molecular complexity index is 2820. The van der Waals surface area contributed by atoms with Crippen LogP contribution >= 0.6 is 0 Å². The number of carbonyl (C=O) groups is 3. The van der Waals surface area contributed by atoms with E-state index in [1.807, 2.05) is 0 Å². The summed E-state index contributed by atoms with van der Waals surface area (Å²) in [5.74, 6) is -2.90. The van der Waals surface area contributed by atoms with Crippen molar-refractivity contribution in [2.24, 2.45) is 0 Å². The van der Waals surface area contributed by atoms with Gasteiger partial charge in [-0.1, -0.05) is 0 Å². The van der Waals surface area contributed by atoms with Gasteiger partial charge in [-0.05, 0) is 6.92 Å². The molecule has 9 aliphatic rings. The predicted octanol–water partition coefficient (Wildman–Crippen LogP) is -19.2. The summed E-state index contributed by atoms with van der Waals surface area (Å²) in [5.41, 5.74) is 0. The number of nitrogens with one attached hydrogen (secondary N) is 3. The maximum Gasteiger partial charge on any atom is 0.217 e. The molecular weight excluding hydrogens is 1480 g/mol. The molecule has 9 fully saturated rings. The Morgan fingerprint density at radius 3 is 0.991 bits per heavy atom. The molecule has 626 valence electrons. The third-order valence-electron chi connectivity index (χ3n) is 19.9. The van der Waals surface area contributed by atoms with E-state index in [-0.39, 0.29) is 0 Å².